The Balaban J connectivity index is 1.26. The van der Waals surface area contributed by atoms with E-state index in [2.05, 4.69) is 10.6 Å². The van der Waals surface area contributed by atoms with E-state index in [-0.39, 0.29) is 25.4 Å². The first-order valence-electron chi connectivity index (χ1n) is 15.5. The van der Waals surface area contributed by atoms with Crippen molar-refractivity contribution in [3.63, 3.8) is 0 Å². The topological polar surface area (TPSA) is 129 Å². The molecule has 2 aliphatic rings. The third-order valence-corrected chi connectivity index (χ3v) is 7.78. The molecule has 236 valence electrons. The maximum Gasteiger partial charge on any atom is 0.408 e. The lowest BCUT2D eigenvalue weighted by atomic mass is 9.98. The van der Waals surface area contributed by atoms with Gasteiger partial charge in [0.1, 0.15) is 25.4 Å². The molecular formula is C34H42N2O8. The second kappa shape index (κ2) is 17.7. The van der Waals surface area contributed by atoms with Gasteiger partial charge in [-0.1, -0.05) is 73.5 Å². The van der Waals surface area contributed by atoms with Crippen LogP contribution in [-0.2, 0) is 28.5 Å². The highest BCUT2D eigenvalue weighted by atomic mass is 16.6. The summed E-state index contributed by atoms with van der Waals surface area (Å²) in [5.41, 5.74) is 1.48. The molecule has 2 aliphatic carbocycles. The zero-order valence-corrected chi connectivity index (χ0v) is 25.0. The number of amides is 2. The fourth-order valence-electron chi connectivity index (χ4n) is 5.40. The van der Waals surface area contributed by atoms with Crippen LogP contribution in [0.1, 0.15) is 87.4 Å². The minimum atomic E-state index is -0.779. The molecule has 2 N–H and O–H groups in total. The van der Waals surface area contributed by atoms with Crippen LogP contribution in [0.4, 0.5) is 9.59 Å². The van der Waals surface area contributed by atoms with Gasteiger partial charge in [0.15, 0.2) is 0 Å². The zero-order valence-electron chi connectivity index (χ0n) is 25.0. The number of ether oxygens (including phenoxy) is 4. The first kappa shape index (κ1) is 32.6. The van der Waals surface area contributed by atoms with Crippen molar-refractivity contribution < 1.29 is 38.1 Å². The number of hydrogen-bond donors (Lipinski definition) is 2. The molecule has 0 radical (unpaired) electrons. The summed E-state index contributed by atoms with van der Waals surface area (Å²) >= 11 is 0. The van der Waals surface area contributed by atoms with Crippen LogP contribution in [0.25, 0.3) is 0 Å². The molecule has 4 rings (SSSR count). The molecule has 0 saturated heterocycles. The Labute approximate surface area is 258 Å². The van der Waals surface area contributed by atoms with E-state index in [1.165, 1.54) is 0 Å². The quantitative estimate of drug-likeness (QED) is 0.165. The molecule has 0 unspecified atom stereocenters. The van der Waals surface area contributed by atoms with E-state index in [4.69, 9.17) is 18.9 Å². The van der Waals surface area contributed by atoms with Crippen molar-refractivity contribution in [3.05, 3.63) is 83.9 Å². The van der Waals surface area contributed by atoms with Crippen LogP contribution < -0.4 is 10.6 Å². The molecule has 0 aromatic heterocycles. The zero-order chi connectivity index (χ0) is 31.0. The van der Waals surface area contributed by atoms with Crippen molar-refractivity contribution in [2.75, 3.05) is 13.2 Å². The summed E-state index contributed by atoms with van der Waals surface area (Å²) in [5, 5.41) is 5.58. The molecule has 10 nitrogen and oxygen atoms in total. The van der Waals surface area contributed by atoms with Gasteiger partial charge in [0.2, 0.25) is 0 Å². The summed E-state index contributed by atoms with van der Waals surface area (Å²) in [6.07, 6.45) is 10.3. The second-order valence-corrected chi connectivity index (χ2v) is 11.1. The normalized spacial score (nSPS) is 17.2. The fraction of sp³-hybridized carbons (Fsp3) is 0.471. The summed E-state index contributed by atoms with van der Waals surface area (Å²) < 4.78 is 21.8. The highest BCUT2D eigenvalue weighted by Gasteiger charge is 2.23. The van der Waals surface area contributed by atoms with E-state index in [0.717, 1.165) is 87.5 Å². The Morgan fingerprint density at radius 1 is 0.591 bits per heavy atom. The van der Waals surface area contributed by atoms with Crippen molar-refractivity contribution >= 4 is 24.1 Å². The molecule has 10 heteroatoms. The van der Waals surface area contributed by atoms with Crippen LogP contribution in [0.5, 0.6) is 0 Å². The minimum Gasteiger partial charge on any atom is -0.460 e. The number of esters is 2. The Morgan fingerprint density at radius 2 is 0.955 bits per heavy atom. The molecule has 44 heavy (non-hydrogen) atoms. The predicted molar refractivity (Wildman–Crippen MR) is 162 cm³/mol. The maximum absolute atomic E-state index is 12.6. The molecule has 0 heterocycles. The largest absolute Gasteiger partial charge is 0.460 e. The molecule has 2 aromatic carbocycles. The van der Waals surface area contributed by atoms with Crippen molar-refractivity contribution in [2.45, 2.75) is 88.5 Å². The van der Waals surface area contributed by atoms with Crippen LogP contribution >= 0.6 is 0 Å². The highest BCUT2D eigenvalue weighted by Crippen LogP contribution is 2.22. The van der Waals surface area contributed by atoms with Gasteiger partial charge >= 0.3 is 24.1 Å². The number of nitrogens with one attached hydrogen (secondary N) is 2. The molecule has 0 aliphatic heterocycles. The van der Waals surface area contributed by atoms with E-state index < -0.39 is 36.2 Å². The lowest BCUT2D eigenvalue weighted by molar-refractivity contribution is -0.141. The van der Waals surface area contributed by atoms with Gasteiger partial charge in [-0.3, -0.25) is 0 Å². The Morgan fingerprint density at radius 3 is 1.32 bits per heavy atom. The van der Waals surface area contributed by atoms with Crippen LogP contribution in [0.2, 0.25) is 0 Å². The fourth-order valence-corrected chi connectivity index (χ4v) is 5.40. The molecule has 2 amide bonds. The SMILES string of the molecule is O=C(/C=C/C(=O)OC[C@@H](NC(=O)OC1CCCCC1)c1ccccc1)OC[C@@H](NC(=O)OC1CCCCC1)c1ccccc1. The van der Waals surface area contributed by atoms with Crippen molar-refractivity contribution in [1.29, 1.82) is 0 Å². The minimum absolute atomic E-state index is 0.115. The number of carbonyl (C=O) groups is 4. The van der Waals surface area contributed by atoms with E-state index in [1.807, 2.05) is 60.7 Å². The van der Waals surface area contributed by atoms with Gasteiger partial charge in [0.05, 0.1) is 12.1 Å². The summed E-state index contributed by atoms with van der Waals surface area (Å²) in [6.45, 7) is -0.323. The van der Waals surface area contributed by atoms with Gasteiger partial charge in [-0.25, -0.2) is 19.2 Å². The average Bonchev–Trinajstić information content (AvgIpc) is 3.05. The summed E-state index contributed by atoms with van der Waals surface area (Å²) in [5.74, 6) is -1.56. The molecular weight excluding hydrogens is 564 g/mol. The average molecular weight is 607 g/mol. The van der Waals surface area contributed by atoms with E-state index >= 15 is 0 Å². The Kier molecular flexibility index (Phi) is 13.1. The third kappa shape index (κ3) is 11.4. The maximum atomic E-state index is 12.6. The monoisotopic (exact) mass is 606 g/mol. The van der Waals surface area contributed by atoms with Gasteiger partial charge in [-0.05, 0) is 62.5 Å². The van der Waals surface area contributed by atoms with E-state index in [0.29, 0.717) is 0 Å². The van der Waals surface area contributed by atoms with E-state index in [9.17, 15) is 19.2 Å². The molecule has 2 aromatic rings. The molecule has 2 fully saturated rings. The van der Waals surface area contributed by atoms with Crippen molar-refractivity contribution in [2.24, 2.45) is 0 Å². The van der Waals surface area contributed by atoms with Gasteiger partial charge in [0.25, 0.3) is 0 Å². The lowest BCUT2D eigenvalue weighted by Gasteiger charge is -2.24. The van der Waals surface area contributed by atoms with Gasteiger partial charge in [-0.2, -0.15) is 0 Å². The Bertz CT molecular complexity index is 1130. The molecule has 2 saturated carbocycles. The van der Waals surface area contributed by atoms with Gasteiger partial charge in [-0.15, -0.1) is 0 Å². The number of benzene rings is 2. The summed E-state index contributed by atoms with van der Waals surface area (Å²) in [7, 11) is 0. The Hall–Kier alpha value is -4.34. The molecule has 0 bridgehead atoms. The number of hydrogen-bond acceptors (Lipinski definition) is 8. The van der Waals surface area contributed by atoms with E-state index in [1.54, 1.807) is 0 Å². The number of rotatable bonds is 12. The first-order valence-corrected chi connectivity index (χ1v) is 15.5. The third-order valence-electron chi connectivity index (χ3n) is 7.78. The van der Waals surface area contributed by atoms with Crippen LogP contribution in [0, 0.1) is 0 Å². The first-order chi connectivity index (χ1) is 21.5. The summed E-state index contributed by atoms with van der Waals surface area (Å²) in [6, 6.07) is 17.0. The van der Waals surface area contributed by atoms with Crippen LogP contribution in [0.15, 0.2) is 72.8 Å². The van der Waals surface area contributed by atoms with Gasteiger partial charge < -0.3 is 29.6 Å². The second-order valence-electron chi connectivity index (χ2n) is 11.1. The number of carbonyl (C=O) groups excluding carboxylic acids is 4. The molecule has 2 atom stereocenters. The number of alkyl carbamates (subject to hydrolysis) is 2. The van der Waals surface area contributed by atoms with Crippen molar-refractivity contribution in [1.82, 2.24) is 10.6 Å². The van der Waals surface area contributed by atoms with Crippen molar-refractivity contribution in [3.8, 4) is 0 Å². The lowest BCUT2D eigenvalue weighted by Crippen LogP contribution is -2.35. The molecule has 0 spiro atoms. The van der Waals surface area contributed by atoms with Gasteiger partial charge in [0, 0.05) is 12.2 Å². The van der Waals surface area contributed by atoms with Crippen LogP contribution in [-0.4, -0.2) is 49.5 Å². The summed E-state index contributed by atoms with van der Waals surface area (Å²) in [4.78, 5) is 50.0. The smallest absolute Gasteiger partial charge is 0.408 e. The van der Waals surface area contributed by atoms with Crippen LogP contribution in [0.3, 0.4) is 0 Å². The standard InChI is InChI=1S/C34H42N2O8/c37-31(41-23-29(25-13-5-1-6-14-25)35-33(39)43-27-17-9-3-10-18-27)21-22-32(38)42-24-30(26-15-7-2-8-16-26)36-34(40)44-28-19-11-4-12-20-28/h1-2,5-8,13-16,21-22,27-30H,3-4,9-12,17-20,23-24H2,(H,35,39)(H,36,40)/b22-21+/t29-,30-/m1/s1. The highest BCUT2D eigenvalue weighted by molar-refractivity contribution is 5.91. The predicted octanol–water partition coefficient (Wildman–Crippen LogP) is 6.23.